The number of benzene rings is 1. The summed E-state index contributed by atoms with van der Waals surface area (Å²) in [5.74, 6) is 2.40. The number of hydrogen-bond donors (Lipinski definition) is 0. The minimum Gasteiger partial charge on any atom is -0.497 e. The van der Waals surface area contributed by atoms with Crippen LogP contribution in [0.15, 0.2) is 24.3 Å². The van der Waals surface area contributed by atoms with Crippen molar-refractivity contribution in [3.63, 3.8) is 0 Å². The van der Waals surface area contributed by atoms with E-state index in [2.05, 4.69) is 4.90 Å². The van der Waals surface area contributed by atoms with Crippen molar-refractivity contribution in [3.8, 4) is 11.5 Å². The van der Waals surface area contributed by atoms with Gasteiger partial charge in [0.05, 0.1) is 26.2 Å². The van der Waals surface area contributed by atoms with E-state index in [0.29, 0.717) is 31.6 Å². The van der Waals surface area contributed by atoms with Gasteiger partial charge in [-0.15, -0.1) is 0 Å². The maximum atomic E-state index is 12.5. The molecule has 2 bridgehead atoms. The Bertz CT molecular complexity index is 530. The van der Waals surface area contributed by atoms with E-state index in [4.69, 9.17) is 14.2 Å². The second-order valence-corrected chi connectivity index (χ2v) is 6.32. The molecule has 0 aromatic heterocycles. The van der Waals surface area contributed by atoms with Crippen LogP contribution >= 0.6 is 0 Å². The number of piperidine rings is 1. The summed E-state index contributed by atoms with van der Waals surface area (Å²) in [7, 11) is 3.28. The van der Waals surface area contributed by atoms with Gasteiger partial charge in [0.1, 0.15) is 18.1 Å². The molecule has 3 rings (SSSR count). The molecule has 2 fully saturated rings. The number of fused-ring (bicyclic) bond motifs is 2. The van der Waals surface area contributed by atoms with E-state index in [1.165, 1.54) is 6.42 Å². The Kier molecular flexibility index (Phi) is 5.06. The number of rotatable bonds is 7. The lowest BCUT2D eigenvalue weighted by Crippen LogP contribution is -2.48. The zero-order valence-electron chi connectivity index (χ0n) is 13.9. The highest BCUT2D eigenvalue weighted by Crippen LogP contribution is 2.42. The van der Waals surface area contributed by atoms with Crippen LogP contribution < -0.4 is 9.47 Å². The van der Waals surface area contributed by atoms with Crippen LogP contribution in [0.5, 0.6) is 11.5 Å². The molecule has 0 radical (unpaired) electrons. The molecule has 1 amide bonds. The van der Waals surface area contributed by atoms with Crippen molar-refractivity contribution in [2.75, 3.05) is 27.4 Å². The molecule has 5 heteroatoms. The number of likely N-dealkylation sites (tertiary alicyclic amines) is 1. The second kappa shape index (κ2) is 7.21. The SMILES string of the molecule is COCCC(=O)N1[C@H]2CC[C@H](C2)[C@H]1COc1ccc(OC)cc1. The highest BCUT2D eigenvalue weighted by atomic mass is 16.5. The summed E-state index contributed by atoms with van der Waals surface area (Å²) < 4.78 is 16.1. The van der Waals surface area contributed by atoms with Gasteiger partial charge in [-0.3, -0.25) is 4.79 Å². The Morgan fingerprint density at radius 2 is 1.91 bits per heavy atom. The molecule has 0 spiro atoms. The number of carbonyl (C=O) groups excluding carboxylic acids is 1. The van der Waals surface area contributed by atoms with Gasteiger partial charge in [0.15, 0.2) is 0 Å². The van der Waals surface area contributed by atoms with Gasteiger partial charge >= 0.3 is 0 Å². The van der Waals surface area contributed by atoms with E-state index >= 15 is 0 Å². The summed E-state index contributed by atoms with van der Waals surface area (Å²) in [6.07, 6.45) is 3.91. The monoisotopic (exact) mass is 319 g/mol. The van der Waals surface area contributed by atoms with Gasteiger partial charge in [-0.05, 0) is 49.4 Å². The summed E-state index contributed by atoms with van der Waals surface area (Å²) in [5.41, 5.74) is 0. The first-order valence-corrected chi connectivity index (χ1v) is 8.30. The van der Waals surface area contributed by atoms with Crippen LogP contribution in [-0.4, -0.2) is 50.3 Å². The molecule has 0 unspecified atom stereocenters. The van der Waals surface area contributed by atoms with E-state index in [1.807, 2.05) is 24.3 Å². The molecular weight excluding hydrogens is 294 g/mol. The lowest BCUT2D eigenvalue weighted by atomic mass is 9.99. The van der Waals surface area contributed by atoms with Crippen molar-refractivity contribution in [3.05, 3.63) is 24.3 Å². The summed E-state index contributed by atoms with van der Waals surface area (Å²) in [6, 6.07) is 8.18. The van der Waals surface area contributed by atoms with Crippen molar-refractivity contribution in [2.24, 2.45) is 5.92 Å². The smallest absolute Gasteiger partial charge is 0.225 e. The predicted octanol–water partition coefficient (Wildman–Crippen LogP) is 2.49. The maximum Gasteiger partial charge on any atom is 0.225 e. The van der Waals surface area contributed by atoms with Crippen LogP contribution in [0, 0.1) is 5.92 Å². The van der Waals surface area contributed by atoms with Crippen molar-refractivity contribution < 1.29 is 19.0 Å². The zero-order chi connectivity index (χ0) is 16.2. The van der Waals surface area contributed by atoms with Gasteiger partial charge in [-0.1, -0.05) is 0 Å². The number of methoxy groups -OCH3 is 2. The van der Waals surface area contributed by atoms with E-state index < -0.39 is 0 Å². The Balaban J connectivity index is 1.61. The van der Waals surface area contributed by atoms with Crippen LogP contribution in [0.1, 0.15) is 25.7 Å². The first kappa shape index (κ1) is 16.1. The van der Waals surface area contributed by atoms with Gasteiger partial charge < -0.3 is 19.1 Å². The summed E-state index contributed by atoms with van der Waals surface area (Å²) in [6.45, 7) is 1.05. The zero-order valence-corrected chi connectivity index (χ0v) is 13.9. The van der Waals surface area contributed by atoms with Gasteiger partial charge in [-0.25, -0.2) is 0 Å². The lowest BCUT2D eigenvalue weighted by molar-refractivity contribution is -0.137. The highest BCUT2D eigenvalue weighted by Gasteiger charge is 2.47. The van der Waals surface area contributed by atoms with Crippen molar-refractivity contribution in [1.82, 2.24) is 4.90 Å². The normalized spacial score (nSPS) is 25.7. The Morgan fingerprint density at radius 1 is 1.17 bits per heavy atom. The van der Waals surface area contributed by atoms with Gasteiger partial charge in [-0.2, -0.15) is 0 Å². The molecule has 1 heterocycles. The largest absolute Gasteiger partial charge is 0.497 e. The average Bonchev–Trinajstić information content (AvgIpc) is 3.19. The third-order valence-electron chi connectivity index (χ3n) is 5.03. The molecule has 0 N–H and O–H groups in total. The van der Waals surface area contributed by atoms with E-state index in [0.717, 1.165) is 24.3 Å². The first-order chi connectivity index (χ1) is 11.2. The van der Waals surface area contributed by atoms with Crippen molar-refractivity contribution >= 4 is 5.91 Å². The molecule has 1 aliphatic carbocycles. The summed E-state index contributed by atoms with van der Waals surface area (Å²) in [5, 5.41) is 0. The Labute approximate surface area is 137 Å². The van der Waals surface area contributed by atoms with Gasteiger partial charge in [0, 0.05) is 13.2 Å². The van der Waals surface area contributed by atoms with Crippen LogP contribution in [0.2, 0.25) is 0 Å². The van der Waals surface area contributed by atoms with Crippen LogP contribution in [0.25, 0.3) is 0 Å². The standard InChI is InChI=1S/C18H25NO4/c1-21-10-9-18(20)19-14-4-3-13(11-14)17(19)12-23-16-7-5-15(22-2)6-8-16/h5-8,13-14,17H,3-4,9-12H2,1-2H3/t13-,14+,17-/m1/s1. The molecule has 1 aromatic carbocycles. The molecule has 3 atom stereocenters. The molecular formula is C18H25NO4. The number of carbonyl (C=O) groups is 1. The summed E-state index contributed by atoms with van der Waals surface area (Å²) >= 11 is 0. The number of amides is 1. The average molecular weight is 319 g/mol. The molecule has 126 valence electrons. The van der Waals surface area contributed by atoms with E-state index in [1.54, 1.807) is 14.2 Å². The molecule has 5 nitrogen and oxygen atoms in total. The van der Waals surface area contributed by atoms with Crippen molar-refractivity contribution in [2.45, 2.75) is 37.8 Å². The first-order valence-electron chi connectivity index (χ1n) is 8.30. The quantitative estimate of drug-likeness (QED) is 0.775. The van der Waals surface area contributed by atoms with E-state index in [-0.39, 0.29) is 11.9 Å². The molecule has 1 aliphatic heterocycles. The van der Waals surface area contributed by atoms with E-state index in [9.17, 15) is 4.79 Å². The molecule has 2 aliphatic rings. The van der Waals surface area contributed by atoms with Crippen LogP contribution in [0.3, 0.4) is 0 Å². The third-order valence-corrected chi connectivity index (χ3v) is 5.03. The van der Waals surface area contributed by atoms with Gasteiger partial charge in [0.2, 0.25) is 5.91 Å². The van der Waals surface area contributed by atoms with Crippen LogP contribution in [0.4, 0.5) is 0 Å². The fraction of sp³-hybridized carbons (Fsp3) is 0.611. The fourth-order valence-electron chi connectivity index (χ4n) is 3.87. The Morgan fingerprint density at radius 3 is 2.61 bits per heavy atom. The molecule has 1 saturated heterocycles. The topological polar surface area (TPSA) is 48.0 Å². The molecule has 23 heavy (non-hydrogen) atoms. The Hall–Kier alpha value is -1.75. The number of hydrogen-bond acceptors (Lipinski definition) is 4. The third kappa shape index (κ3) is 3.44. The minimum absolute atomic E-state index is 0.195. The second-order valence-electron chi connectivity index (χ2n) is 6.32. The predicted molar refractivity (Wildman–Crippen MR) is 86.7 cm³/mol. The molecule has 1 saturated carbocycles. The van der Waals surface area contributed by atoms with Crippen molar-refractivity contribution in [1.29, 1.82) is 0 Å². The fourth-order valence-corrected chi connectivity index (χ4v) is 3.87. The minimum atomic E-state index is 0.195. The molecule has 1 aromatic rings. The summed E-state index contributed by atoms with van der Waals surface area (Å²) in [4.78, 5) is 14.5. The number of ether oxygens (including phenoxy) is 3. The lowest BCUT2D eigenvalue weighted by Gasteiger charge is -2.35. The number of nitrogens with zero attached hydrogens (tertiary/aromatic N) is 1. The van der Waals surface area contributed by atoms with Gasteiger partial charge in [0.25, 0.3) is 0 Å². The highest BCUT2D eigenvalue weighted by molar-refractivity contribution is 5.77. The maximum absolute atomic E-state index is 12.5. The van der Waals surface area contributed by atoms with Crippen LogP contribution in [-0.2, 0) is 9.53 Å².